The first-order chi connectivity index (χ1) is 13.3. The minimum atomic E-state index is 0.717. The maximum Gasteiger partial charge on any atom is 0.161 e. The molecule has 0 unspecified atom stereocenters. The van der Waals surface area contributed by atoms with Crippen LogP contribution in [0.2, 0.25) is 0 Å². The van der Waals surface area contributed by atoms with Crippen LogP contribution in [-0.4, -0.2) is 62.6 Å². The number of hydrogen-bond donors (Lipinski definition) is 1. The van der Waals surface area contributed by atoms with Crippen molar-refractivity contribution in [3.63, 3.8) is 0 Å². The van der Waals surface area contributed by atoms with Crippen LogP contribution >= 0.6 is 0 Å². The molecule has 1 fully saturated rings. The minimum absolute atomic E-state index is 0.717. The van der Waals surface area contributed by atoms with E-state index in [-0.39, 0.29) is 0 Å². The van der Waals surface area contributed by atoms with Crippen molar-refractivity contribution in [3.05, 3.63) is 53.9 Å². The largest absolute Gasteiger partial charge is 0.493 e. The molecule has 1 aromatic carbocycles. The molecule has 0 saturated carbocycles. The quantitative estimate of drug-likeness (QED) is 0.887. The van der Waals surface area contributed by atoms with Gasteiger partial charge in [-0.3, -0.25) is 0 Å². The molecule has 4 rings (SSSR count). The van der Waals surface area contributed by atoms with E-state index in [2.05, 4.69) is 39.5 Å². The first kappa shape index (κ1) is 17.7. The molecule has 1 aromatic rings. The van der Waals surface area contributed by atoms with Crippen LogP contribution in [0.4, 0.5) is 0 Å². The molecular formula is C21H26N4O2. The second-order valence-electron chi connectivity index (χ2n) is 6.76. The van der Waals surface area contributed by atoms with Crippen molar-refractivity contribution >= 4 is 11.5 Å². The van der Waals surface area contributed by atoms with Crippen LogP contribution < -0.4 is 14.8 Å². The molecule has 3 aliphatic heterocycles. The van der Waals surface area contributed by atoms with E-state index in [0.29, 0.717) is 0 Å². The number of benzene rings is 1. The van der Waals surface area contributed by atoms with Gasteiger partial charge in [-0.1, -0.05) is 0 Å². The summed E-state index contributed by atoms with van der Waals surface area (Å²) >= 11 is 0. The Morgan fingerprint density at radius 2 is 1.93 bits per heavy atom. The third-order valence-electron chi connectivity index (χ3n) is 5.09. The third kappa shape index (κ3) is 3.71. The fraction of sp³-hybridized carbons (Fsp3) is 0.381. The number of nitrogens with one attached hydrogen (secondary N) is 1. The molecular weight excluding hydrogens is 340 g/mol. The molecule has 0 bridgehead atoms. The summed E-state index contributed by atoms with van der Waals surface area (Å²) in [5.41, 5.74) is 3.25. The highest BCUT2D eigenvalue weighted by Crippen LogP contribution is 2.32. The number of nitrogens with zero attached hydrogens (tertiary/aromatic N) is 3. The summed E-state index contributed by atoms with van der Waals surface area (Å²) in [5, 5.41) is 3.46. The zero-order valence-corrected chi connectivity index (χ0v) is 15.9. The highest BCUT2D eigenvalue weighted by Gasteiger charge is 2.20. The molecule has 1 saturated heterocycles. The Hall–Kier alpha value is -2.73. The maximum atomic E-state index is 5.42. The van der Waals surface area contributed by atoms with Gasteiger partial charge in [0.05, 0.1) is 25.6 Å². The van der Waals surface area contributed by atoms with E-state index >= 15 is 0 Å². The molecule has 0 amide bonds. The topological polar surface area (TPSA) is 49.3 Å². The van der Waals surface area contributed by atoms with Crippen LogP contribution in [0.3, 0.4) is 0 Å². The molecule has 6 nitrogen and oxygen atoms in total. The smallest absolute Gasteiger partial charge is 0.161 e. The number of fused-ring (bicyclic) bond motifs is 1. The van der Waals surface area contributed by atoms with Gasteiger partial charge in [-0.2, -0.15) is 0 Å². The molecule has 0 spiro atoms. The van der Waals surface area contributed by atoms with Gasteiger partial charge < -0.3 is 24.6 Å². The summed E-state index contributed by atoms with van der Waals surface area (Å²) in [7, 11) is 3.30. The van der Waals surface area contributed by atoms with Crippen LogP contribution in [0.5, 0.6) is 11.5 Å². The Labute approximate surface area is 160 Å². The number of ether oxygens (including phenoxy) is 2. The SMILES string of the molecule is COc1ccc(C2=CCN3C=C(N4CCCNCC4)C=CC3=N2)cc1OC. The lowest BCUT2D eigenvalue weighted by atomic mass is 10.1. The van der Waals surface area contributed by atoms with Gasteiger partial charge in [-0.25, -0.2) is 4.99 Å². The highest BCUT2D eigenvalue weighted by molar-refractivity contribution is 6.00. The van der Waals surface area contributed by atoms with Gasteiger partial charge in [0.25, 0.3) is 0 Å². The van der Waals surface area contributed by atoms with Crippen LogP contribution in [0.25, 0.3) is 5.70 Å². The zero-order chi connectivity index (χ0) is 18.6. The molecule has 3 heterocycles. The molecule has 0 aromatic heterocycles. The van der Waals surface area contributed by atoms with Gasteiger partial charge in [0, 0.05) is 37.9 Å². The van der Waals surface area contributed by atoms with Crippen molar-refractivity contribution in [3.8, 4) is 11.5 Å². The lowest BCUT2D eigenvalue weighted by Gasteiger charge is -2.31. The number of methoxy groups -OCH3 is 2. The lowest BCUT2D eigenvalue weighted by molar-refractivity contribution is 0.355. The first-order valence-corrected chi connectivity index (χ1v) is 9.42. The molecule has 142 valence electrons. The lowest BCUT2D eigenvalue weighted by Crippen LogP contribution is -2.34. The van der Waals surface area contributed by atoms with Crippen molar-refractivity contribution in [1.82, 2.24) is 15.1 Å². The fourth-order valence-corrected chi connectivity index (χ4v) is 3.60. The number of amidine groups is 1. The average molecular weight is 366 g/mol. The van der Waals surface area contributed by atoms with Gasteiger partial charge in [-0.15, -0.1) is 0 Å². The van der Waals surface area contributed by atoms with Crippen molar-refractivity contribution in [1.29, 1.82) is 0 Å². The second kappa shape index (κ2) is 7.88. The Morgan fingerprint density at radius 3 is 2.78 bits per heavy atom. The number of rotatable bonds is 4. The van der Waals surface area contributed by atoms with E-state index in [4.69, 9.17) is 14.5 Å². The Morgan fingerprint density at radius 1 is 1.04 bits per heavy atom. The van der Waals surface area contributed by atoms with Crippen molar-refractivity contribution in [2.75, 3.05) is 46.9 Å². The maximum absolute atomic E-state index is 5.42. The van der Waals surface area contributed by atoms with E-state index < -0.39 is 0 Å². The van der Waals surface area contributed by atoms with E-state index in [1.807, 2.05) is 18.2 Å². The fourth-order valence-electron chi connectivity index (χ4n) is 3.60. The molecule has 3 aliphatic rings. The average Bonchev–Trinajstić information content (AvgIpc) is 3.02. The second-order valence-corrected chi connectivity index (χ2v) is 6.76. The predicted molar refractivity (Wildman–Crippen MR) is 108 cm³/mol. The first-order valence-electron chi connectivity index (χ1n) is 9.42. The monoisotopic (exact) mass is 366 g/mol. The van der Waals surface area contributed by atoms with Gasteiger partial charge in [0.1, 0.15) is 5.84 Å². The molecule has 0 atom stereocenters. The van der Waals surface area contributed by atoms with Crippen molar-refractivity contribution in [2.45, 2.75) is 6.42 Å². The normalized spacial score (nSPS) is 19.6. The summed E-state index contributed by atoms with van der Waals surface area (Å²) in [6.45, 7) is 5.08. The van der Waals surface area contributed by atoms with Crippen molar-refractivity contribution < 1.29 is 9.47 Å². The standard InChI is InChI=1S/C21H26N4O2/c1-26-19-6-4-16(14-20(19)27-2)18-8-12-25-15-17(5-7-21(25)23-18)24-11-3-9-22-10-13-24/h4-8,14-15,22H,3,9-13H2,1-2H3. The highest BCUT2D eigenvalue weighted by atomic mass is 16.5. The van der Waals surface area contributed by atoms with E-state index in [1.165, 1.54) is 12.1 Å². The molecule has 0 radical (unpaired) electrons. The summed E-state index contributed by atoms with van der Waals surface area (Å²) < 4.78 is 10.7. The third-order valence-corrected chi connectivity index (χ3v) is 5.09. The van der Waals surface area contributed by atoms with Crippen LogP contribution in [-0.2, 0) is 0 Å². The van der Waals surface area contributed by atoms with Crippen LogP contribution in [0, 0.1) is 0 Å². The van der Waals surface area contributed by atoms with Crippen LogP contribution in [0.1, 0.15) is 12.0 Å². The minimum Gasteiger partial charge on any atom is -0.493 e. The van der Waals surface area contributed by atoms with E-state index in [0.717, 1.165) is 61.3 Å². The zero-order valence-electron chi connectivity index (χ0n) is 15.9. The van der Waals surface area contributed by atoms with E-state index in [9.17, 15) is 0 Å². The predicted octanol–water partition coefficient (Wildman–Crippen LogP) is 2.47. The van der Waals surface area contributed by atoms with Gasteiger partial charge >= 0.3 is 0 Å². The van der Waals surface area contributed by atoms with E-state index in [1.54, 1.807) is 14.2 Å². The Balaban J connectivity index is 1.53. The van der Waals surface area contributed by atoms with Crippen LogP contribution in [0.15, 0.2) is 53.3 Å². The molecule has 1 N–H and O–H groups in total. The number of hydrogen-bond acceptors (Lipinski definition) is 6. The Kier molecular flexibility index (Phi) is 5.16. The van der Waals surface area contributed by atoms with Gasteiger partial charge in [0.15, 0.2) is 11.5 Å². The molecule has 6 heteroatoms. The number of aliphatic imine (C=N–C) groups is 1. The summed E-state index contributed by atoms with van der Waals surface area (Å²) in [5.74, 6) is 2.41. The summed E-state index contributed by atoms with van der Waals surface area (Å²) in [6, 6.07) is 5.91. The van der Waals surface area contributed by atoms with Gasteiger partial charge in [-0.05, 0) is 49.4 Å². The Bertz CT molecular complexity index is 817. The summed E-state index contributed by atoms with van der Waals surface area (Å²) in [6.07, 6.45) is 9.84. The van der Waals surface area contributed by atoms with Crippen molar-refractivity contribution in [2.24, 2.45) is 4.99 Å². The van der Waals surface area contributed by atoms with Gasteiger partial charge in [0.2, 0.25) is 0 Å². The number of allylic oxidation sites excluding steroid dienone is 1. The molecule has 0 aliphatic carbocycles. The summed E-state index contributed by atoms with van der Waals surface area (Å²) in [4.78, 5) is 9.50. The molecule has 27 heavy (non-hydrogen) atoms.